The van der Waals surface area contributed by atoms with Gasteiger partial charge in [-0.2, -0.15) is 5.10 Å². The van der Waals surface area contributed by atoms with Gasteiger partial charge in [0, 0.05) is 14.1 Å². The van der Waals surface area contributed by atoms with E-state index in [2.05, 4.69) is 10.4 Å². The summed E-state index contributed by atoms with van der Waals surface area (Å²) in [6, 6.07) is 0. The summed E-state index contributed by atoms with van der Waals surface area (Å²) in [6.45, 7) is 1.81. The van der Waals surface area contributed by atoms with Gasteiger partial charge in [-0.1, -0.05) is 11.6 Å². The first kappa shape index (κ1) is 9.06. The summed E-state index contributed by atoms with van der Waals surface area (Å²) in [6.07, 6.45) is 0. The Kier molecular flexibility index (Phi) is 2.38. The lowest BCUT2D eigenvalue weighted by atomic mass is 10.3. The number of hydrogen-bond acceptors (Lipinski definition) is 2. The van der Waals surface area contributed by atoms with Gasteiger partial charge >= 0.3 is 0 Å². The van der Waals surface area contributed by atoms with Crippen molar-refractivity contribution in [3.8, 4) is 0 Å². The third kappa shape index (κ3) is 1.30. The molecule has 1 aromatic heterocycles. The number of halogens is 1. The third-order valence-electron chi connectivity index (χ3n) is 1.70. The van der Waals surface area contributed by atoms with Gasteiger partial charge in [-0.25, -0.2) is 0 Å². The molecule has 0 saturated carbocycles. The highest BCUT2D eigenvalue weighted by Crippen LogP contribution is 2.18. The summed E-state index contributed by atoms with van der Waals surface area (Å²) in [5.41, 5.74) is 1.06. The van der Waals surface area contributed by atoms with Crippen molar-refractivity contribution in [1.29, 1.82) is 0 Å². The fourth-order valence-corrected chi connectivity index (χ4v) is 1.09. The maximum atomic E-state index is 11.1. The van der Waals surface area contributed by atoms with Crippen LogP contribution < -0.4 is 5.32 Å². The van der Waals surface area contributed by atoms with Crippen LogP contribution in [0.25, 0.3) is 0 Å². The third-order valence-corrected chi connectivity index (χ3v) is 2.16. The molecule has 1 heterocycles. The molecule has 66 valence electrons. The molecule has 12 heavy (non-hydrogen) atoms. The Labute approximate surface area is 75.5 Å². The molecule has 1 N–H and O–H groups in total. The SMILES string of the molecule is CNC(=O)c1nn(C)c(C)c1Cl. The van der Waals surface area contributed by atoms with E-state index in [1.807, 2.05) is 6.92 Å². The summed E-state index contributed by atoms with van der Waals surface area (Å²) in [7, 11) is 3.29. The largest absolute Gasteiger partial charge is 0.354 e. The Morgan fingerprint density at radius 2 is 2.25 bits per heavy atom. The Bertz CT molecular complexity index is 319. The van der Waals surface area contributed by atoms with Crippen LogP contribution in [-0.4, -0.2) is 22.7 Å². The van der Waals surface area contributed by atoms with Crippen molar-refractivity contribution < 1.29 is 4.79 Å². The van der Waals surface area contributed by atoms with Gasteiger partial charge in [0.25, 0.3) is 5.91 Å². The van der Waals surface area contributed by atoms with Gasteiger partial charge in [0.1, 0.15) is 0 Å². The quantitative estimate of drug-likeness (QED) is 0.705. The smallest absolute Gasteiger partial charge is 0.273 e. The van der Waals surface area contributed by atoms with Gasteiger partial charge in [0.05, 0.1) is 10.7 Å². The minimum atomic E-state index is -0.260. The van der Waals surface area contributed by atoms with E-state index in [-0.39, 0.29) is 11.6 Å². The number of carbonyl (C=O) groups is 1. The van der Waals surface area contributed by atoms with Crippen LogP contribution in [-0.2, 0) is 7.05 Å². The van der Waals surface area contributed by atoms with Gasteiger partial charge in [0.2, 0.25) is 0 Å². The maximum Gasteiger partial charge on any atom is 0.273 e. The van der Waals surface area contributed by atoms with E-state index in [9.17, 15) is 4.79 Å². The molecule has 0 spiro atoms. The summed E-state index contributed by atoms with van der Waals surface area (Å²) >= 11 is 5.84. The lowest BCUT2D eigenvalue weighted by Gasteiger charge is -1.92. The van der Waals surface area contributed by atoms with Crippen molar-refractivity contribution >= 4 is 17.5 Å². The second kappa shape index (κ2) is 3.15. The van der Waals surface area contributed by atoms with Crippen molar-refractivity contribution in [2.75, 3.05) is 7.05 Å². The number of nitrogens with zero attached hydrogens (tertiary/aromatic N) is 2. The van der Waals surface area contributed by atoms with Crippen LogP contribution in [0.3, 0.4) is 0 Å². The van der Waals surface area contributed by atoms with Gasteiger partial charge in [-0.3, -0.25) is 9.48 Å². The number of aromatic nitrogens is 2. The minimum Gasteiger partial charge on any atom is -0.354 e. The highest BCUT2D eigenvalue weighted by Gasteiger charge is 2.16. The van der Waals surface area contributed by atoms with E-state index < -0.39 is 0 Å². The Morgan fingerprint density at radius 1 is 1.67 bits per heavy atom. The van der Waals surface area contributed by atoms with Crippen LogP contribution in [0.1, 0.15) is 16.2 Å². The van der Waals surface area contributed by atoms with E-state index in [0.29, 0.717) is 5.02 Å². The van der Waals surface area contributed by atoms with Crippen LogP contribution in [0.15, 0.2) is 0 Å². The molecule has 1 aromatic rings. The summed E-state index contributed by atoms with van der Waals surface area (Å²) in [4.78, 5) is 11.1. The van der Waals surface area contributed by atoms with Crippen molar-refractivity contribution in [1.82, 2.24) is 15.1 Å². The number of rotatable bonds is 1. The number of amides is 1. The van der Waals surface area contributed by atoms with E-state index in [4.69, 9.17) is 11.6 Å². The molecule has 0 aromatic carbocycles. The topological polar surface area (TPSA) is 46.9 Å². The predicted molar refractivity (Wildman–Crippen MR) is 46.3 cm³/mol. The average Bonchev–Trinajstić information content (AvgIpc) is 2.32. The van der Waals surface area contributed by atoms with E-state index in [1.165, 1.54) is 0 Å². The molecule has 0 radical (unpaired) electrons. The molecule has 0 unspecified atom stereocenters. The second-order valence-electron chi connectivity index (χ2n) is 2.45. The lowest BCUT2D eigenvalue weighted by Crippen LogP contribution is -2.18. The normalized spacial score (nSPS) is 10.0. The molecule has 0 fully saturated rings. The zero-order valence-corrected chi connectivity index (χ0v) is 7.94. The summed E-state index contributed by atoms with van der Waals surface area (Å²) in [5.74, 6) is -0.260. The van der Waals surface area contributed by atoms with Gasteiger partial charge in [-0.05, 0) is 6.92 Å². The van der Waals surface area contributed by atoms with Crippen LogP contribution in [0.4, 0.5) is 0 Å². The van der Waals surface area contributed by atoms with Crippen molar-refractivity contribution in [2.24, 2.45) is 7.05 Å². The molecule has 0 saturated heterocycles. The maximum absolute atomic E-state index is 11.1. The summed E-state index contributed by atoms with van der Waals surface area (Å²) in [5, 5.41) is 6.83. The first-order chi connectivity index (χ1) is 5.57. The Morgan fingerprint density at radius 3 is 2.58 bits per heavy atom. The number of hydrogen-bond donors (Lipinski definition) is 1. The monoisotopic (exact) mass is 187 g/mol. The molecular weight excluding hydrogens is 178 g/mol. The highest BCUT2D eigenvalue weighted by molar-refractivity contribution is 6.34. The number of carbonyl (C=O) groups excluding carboxylic acids is 1. The summed E-state index contributed by atoms with van der Waals surface area (Å²) < 4.78 is 1.58. The van der Waals surface area contributed by atoms with Crippen LogP contribution in [0, 0.1) is 6.92 Å². The molecule has 0 aliphatic heterocycles. The fourth-order valence-electron chi connectivity index (χ4n) is 0.846. The van der Waals surface area contributed by atoms with Crippen LogP contribution in [0.5, 0.6) is 0 Å². The van der Waals surface area contributed by atoms with Crippen molar-refractivity contribution in [3.63, 3.8) is 0 Å². The van der Waals surface area contributed by atoms with Gasteiger partial charge in [-0.15, -0.1) is 0 Å². The van der Waals surface area contributed by atoms with Gasteiger partial charge < -0.3 is 5.32 Å². The first-order valence-corrected chi connectivity index (χ1v) is 3.87. The minimum absolute atomic E-state index is 0.260. The molecule has 5 heteroatoms. The van der Waals surface area contributed by atoms with E-state index >= 15 is 0 Å². The van der Waals surface area contributed by atoms with Crippen LogP contribution in [0.2, 0.25) is 5.02 Å². The zero-order chi connectivity index (χ0) is 9.30. The lowest BCUT2D eigenvalue weighted by molar-refractivity contribution is 0.0957. The Balaban J connectivity index is 3.17. The molecule has 4 nitrogen and oxygen atoms in total. The molecule has 0 bridgehead atoms. The van der Waals surface area contributed by atoms with Crippen molar-refractivity contribution in [3.05, 3.63) is 16.4 Å². The average molecular weight is 188 g/mol. The van der Waals surface area contributed by atoms with Gasteiger partial charge in [0.15, 0.2) is 5.69 Å². The molecule has 0 aliphatic carbocycles. The number of aryl methyl sites for hydroxylation is 1. The predicted octanol–water partition coefficient (Wildman–Crippen LogP) is 0.742. The Hall–Kier alpha value is -1.03. The standard InChI is InChI=1S/C7H10ClN3O/c1-4-5(8)6(7(12)9-2)10-11(4)3/h1-3H3,(H,9,12). The molecular formula is C7H10ClN3O. The van der Waals surface area contributed by atoms with Crippen molar-refractivity contribution in [2.45, 2.75) is 6.92 Å². The highest BCUT2D eigenvalue weighted by atomic mass is 35.5. The second-order valence-corrected chi connectivity index (χ2v) is 2.83. The molecule has 0 atom stereocenters. The molecule has 0 aliphatic rings. The fraction of sp³-hybridized carbons (Fsp3) is 0.429. The van der Waals surface area contributed by atoms with Crippen LogP contribution >= 0.6 is 11.6 Å². The molecule has 1 amide bonds. The number of nitrogens with one attached hydrogen (secondary N) is 1. The van der Waals surface area contributed by atoms with E-state index in [0.717, 1.165) is 5.69 Å². The zero-order valence-electron chi connectivity index (χ0n) is 7.18. The first-order valence-electron chi connectivity index (χ1n) is 3.49. The van der Waals surface area contributed by atoms with E-state index in [1.54, 1.807) is 18.8 Å². The molecule has 1 rings (SSSR count).